The molecular weight excluding hydrogens is 392 g/mol. The number of ether oxygens (including phenoxy) is 2. The summed E-state index contributed by atoms with van der Waals surface area (Å²) in [4.78, 5) is 24.5. The molecule has 2 saturated carbocycles. The fourth-order valence-electron chi connectivity index (χ4n) is 5.67. The fourth-order valence-corrected chi connectivity index (χ4v) is 5.67. The molecule has 4 bridgehead atoms. The topological polar surface area (TPSA) is 76.7 Å². The Kier molecular flexibility index (Phi) is 5.47. The lowest BCUT2D eigenvalue weighted by atomic mass is 9.95. The number of rotatable bonds is 6. The van der Waals surface area contributed by atoms with Crippen LogP contribution >= 0.6 is 0 Å². The molecule has 6 atom stereocenters. The van der Waals surface area contributed by atoms with Gasteiger partial charge in [0.05, 0.1) is 13.2 Å². The van der Waals surface area contributed by atoms with Crippen molar-refractivity contribution in [1.29, 1.82) is 0 Å². The van der Waals surface area contributed by atoms with Crippen molar-refractivity contribution in [2.75, 3.05) is 23.8 Å². The number of hydrogen-bond donors (Lipinski definition) is 2. The Morgan fingerprint density at radius 3 is 1.94 bits per heavy atom. The zero-order valence-corrected chi connectivity index (χ0v) is 17.9. The van der Waals surface area contributed by atoms with Crippen molar-refractivity contribution in [2.24, 2.45) is 35.5 Å². The van der Waals surface area contributed by atoms with Crippen LogP contribution < -0.4 is 10.6 Å². The van der Waals surface area contributed by atoms with Gasteiger partial charge in [-0.2, -0.15) is 0 Å². The Bertz CT molecular complexity index is 924. The number of anilines is 2. The van der Waals surface area contributed by atoms with Crippen molar-refractivity contribution in [2.45, 2.75) is 32.6 Å². The Morgan fingerprint density at radius 1 is 0.839 bits per heavy atom. The van der Waals surface area contributed by atoms with E-state index in [1.807, 2.05) is 13.0 Å². The van der Waals surface area contributed by atoms with Crippen LogP contribution in [0.5, 0.6) is 0 Å². The maximum Gasteiger partial charge on any atom is 0.411 e. The van der Waals surface area contributed by atoms with Gasteiger partial charge in [-0.05, 0) is 74.0 Å². The molecular formula is C25H30N2O4. The van der Waals surface area contributed by atoms with Crippen molar-refractivity contribution < 1.29 is 19.1 Å². The van der Waals surface area contributed by atoms with E-state index in [4.69, 9.17) is 9.47 Å². The average molecular weight is 423 g/mol. The van der Waals surface area contributed by atoms with Crippen LogP contribution in [0.1, 0.15) is 31.2 Å². The second-order valence-electron chi connectivity index (χ2n) is 9.56. The molecule has 0 aromatic heterocycles. The lowest BCUT2D eigenvalue weighted by Crippen LogP contribution is -2.22. The maximum atomic E-state index is 12.3. The Balaban J connectivity index is 1.10. The van der Waals surface area contributed by atoms with Gasteiger partial charge in [-0.25, -0.2) is 9.59 Å². The van der Waals surface area contributed by atoms with E-state index in [2.05, 4.69) is 34.9 Å². The zero-order chi connectivity index (χ0) is 21.4. The highest BCUT2D eigenvalue weighted by Crippen LogP contribution is 2.44. The van der Waals surface area contributed by atoms with Gasteiger partial charge < -0.3 is 9.47 Å². The van der Waals surface area contributed by atoms with E-state index in [9.17, 15) is 9.59 Å². The predicted octanol–water partition coefficient (Wildman–Crippen LogP) is 5.52. The van der Waals surface area contributed by atoms with Gasteiger partial charge in [0.15, 0.2) is 0 Å². The summed E-state index contributed by atoms with van der Waals surface area (Å²) in [5.74, 6) is 3.27. The van der Waals surface area contributed by atoms with Gasteiger partial charge in [-0.1, -0.05) is 30.4 Å². The average Bonchev–Trinajstić information content (AvgIpc) is 3.55. The predicted molar refractivity (Wildman–Crippen MR) is 119 cm³/mol. The molecule has 0 heterocycles. The first-order valence-corrected chi connectivity index (χ1v) is 11.4. The van der Waals surface area contributed by atoms with Crippen molar-refractivity contribution in [1.82, 2.24) is 0 Å². The fraction of sp³-hybridized carbons (Fsp3) is 0.520. The summed E-state index contributed by atoms with van der Waals surface area (Å²) >= 11 is 0. The summed E-state index contributed by atoms with van der Waals surface area (Å²) in [6, 6.07) is 5.39. The molecule has 31 heavy (non-hydrogen) atoms. The minimum absolute atomic E-state index is 0.426. The number of carbonyl (C=O) groups is 2. The quantitative estimate of drug-likeness (QED) is 0.592. The van der Waals surface area contributed by atoms with Crippen molar-refractivity contribution >= 4 is 23.6 Å². The number of fused-ring (bicyclic) bond motifs is 4. The summed E-state index contributed by atoms with van der Waals surface area (Å²) in [7, 11) is 0. The molecule has 2 amide bonds. The molecule has 6 nitrogen and oxygen atoms in total. The van der Waals surface area contributed by atoms with Crippen molar-refractivity contribution in [3.63, 3.8) is 0 Å². The number of aryl methyl sites for hydroxylation is 1. The second-order valence-corrected chi connectivity index (χ2v) is 9.56. The number of nitrogens with one attached hydrogen (secondary N) is 2. The minimum atomic E-state index is -0.464. The first-order valence-electron chi connectivity index (χ1n) is 11.4. The normalized spacial score (nSPS) is 31.8. The number of allylic oxidation sites excluding steroid dienone is 4. The molecule has 6 heteroatoms. The van der Waals surface area contributed by atoms with E-state index in [-0.39, 0.29) is 0 Å². The van der Waals surface area contributed by atoms with E-state index >= 15 is 0 Å². The number of benzene rings is 1. The van der Waals surface area contributed by atoms with Crippen LogP contribution in [0.2, 0.25) is 0 Å². The number of hydrogen-bond acceptors (Lipinski definition) is 4. The van der Waals surface area contributed by atoms with Crippen LogP contribution in [0.4, 0.5) is 21.0 Å². The van der Waals surface area contributed by atoms with E-state index < -0.39 is 12.2 Å². The first-order chi connectivity index (χ1) is 15.0. The summed E-state index contributed by atoms with van der Waals surface area (Å²) in [6.45, 7) is 2.79. The van der Waals surface area contributed by atoms with Crippen LogP contribution in [0, 0.1) is 42.4 Å². The lowest BCUT2D eigenvalue weighted by molar-refractivity contribution is 0.133. The van der Waals surface area contributed by atoms with Crippen molar-refractivity contribution in [3.05, 3.63) is 48.1 Å². The van der Waals surface area contributed by atoms with Crippen LogP contribution in [0.3, 0.4) is 0 Å². The largest absolute Gasteiger partial charge is 0.449 e. The highest BCUT2D eigenvalue weighted by atomic mass is 16.6. The van der Waals surface area contributed by atoms with Gasteiger partial charge in [0.2, 0.25) is 0 Å². The van der Waals surface area contributed by atoms with Crippen LogP contribution in [0.25, 0.3) is 0 Å². The third-order valence-electron chi connectivity index (χ3n) is 7.41. The van der Waals surface area contributed by atoms with E-state index in [1.54, 1.807) is 12.1 Å². The standard InChI is InChI=1S/C25H30N2O4/c1-15-2-7-22(26-24(28)30-13-20-10-16-3-5-18(20)8-16)12-23(15)27-25(29)31-14-21-11-17-4-6-19(21)9-17/h2-7,12,16-21H,8-11,13-14H2,1H3,(H,26,28)(H,27,29)/t16-,17-,18-,19-,20-,21-/m0/s1. The minimum Gasteiger partial charge on any atom is -0.449 e. The Hall–Kier alpha value is -2.76. The maximum absolute atomic E-state index is 12.3. The number of amides is 2. The molecule has 0 aliphatic heterocycles. The molecule has 4 aliphatic carbocycles. The van der Waals surface area contributed by atoms with Crippen LogP contribution in [-0.2, 0) is 9.47 Å². The van der Waals surface area contributed by atoms with Gasteiger partial charge in [-0.3, -0.25) is 10.6 Å². The molecule has 0 spiro atoms. The molecule has 0 saturated heterocycles. The first kappa shape index (κ1) is 20.2. The van der Waals surface area contributed by atoms with E-state index in [0.29, 0.717) is 60.1 Å². The van der Waals surface area contributed by atoms with E-state index in [1.165, 1.54) is 12.8 Å². The molecule has 0 unspecified atom stereocenters. The smallest absolute Gasteiger partial charge is 0.411 e. The van der Waals surface area contributed by atoms with Crippen molar-refractivity contribution in [3.8, 4) is 0 Å². The molecule has 4 aliphatic rings. The molecule has 1 aromatic rings. The molecule has 164 valence electrons. The number of carbonyl (C=O) groups excluding carboxylic acids is 2. The summed E-state index contributed by atoms with van der Waals surface area (Å²) in [5.41, 5.74) is 2.10. The van der Waals surface area contributed by atoms with Gasteiger partial charge in [-0.15, -0.1) is 0 Å². The second kappa shape index (κ2) is 8.40. The highest BCUT2D eigenvalue weighted by molar-refractivity contribution is 5.89. The van der Waals surface area contributed by atoms with E-state index in [0.717, 1.165) is 18.4 Å². The lowest BCUT2D eigenvalue weighted by Gasteiger charge is -2.19. The SMILES string of the molecule is Cc1ccc(NC(=O)OC[C@@H]2C[C@H]3C=C[C@H]2C3)cc1NC(=O)OC[C@@H]1C[C@H]2C=C[C@H]1C2. The zero-order valence-electron chi connectivity index (χ0n) is 17.9. The van der Waals surface area contributed by atoms with Gasteiger partial charge in [0.1, 0.15) is 0 Å². The van der Waals surface area contributed by atoms with Crippen LogP contribution in [-0.4, -0.2) is 25.4 Å². The molecule has 1 aromatic carbocycles. The summed E-state index contributed by atoms with van der Waals surface area (Å²) in [5, 5.41) is 5.57. The third-order valence-corrected chi connectivity index (χ3v) is 7.41. The monoisotopic (exact) mass is 422 g/mol. The Labute approximate surface area is 183 Å². The Morgan fingerprint density at radius 2 is 1.42 bits per heavy atom. The highest BCUT2D eigenvalue weighted by Gasteiger charge is 2.37. The van der Waals surface area contributed by atoms with Crippen LogP contribution in [0.15, 0.2) is 42.5 Å². The van der Waals surface area contributed by atoms with Gasteiger partial charge in [0.25, 0.3) is 0 Å². The molecule has 0 radical (unpaired) electrons. The molecule has 5 rings (SSSR count). The van der Waals surface area contributed by atoms with Gasteiger partial charge >= 0.3 is 12.2 Å². The molecule has 2 fully saturated rings. The molecule has 2 N–H and O–H groups in total. The third kappa shape index (κ3) is 4.48. The summed E-state index contributed by atoms with van der Waals surface area (Å²) in [6.07, 6.45) is 12.7. The summed E-state index contributed by atoms with van der Waals surface area (Å²) < 4.78 is 10.9. The van der Waals surface area contributed by atoms with Gasteiger partial charge in [0, 0.05) is 23.2 Å².